The van der Waals surface area contributed by atoms with Crippen LogP contribution in [0.2, 0.25) is 0 Å². The molecule has 1 aromatic rings. The molecule has 122 valence electrons. The van der Waals surface area contributed by atoms with Gasteiger partial charge in [0.25, 0.3) is 0 Å². The fraction of sp³-hybridized carbons (Fsp3) is 0.875. The Balaban J connectivity index is 2.52. The summed E-state index contributed by atoms with van der Waals surface area (Å²) >= 11 is 0. The van der Waals surface area contributed by atoms with Crippen LogP contribution in [-0.4, -0.2) is 40.6 Å². The summed E-state index contributed by atoms with van der Waals surface area (Å²) in [5, 5.41) is 7.98. The molecule has 0 radical (unpaired) electrons. The van der Waals surface area contributed by atoms with Gasteiger partial charge in [-0.1, -0.05) is 20.8 Å². The highest BCUT2D eigenvalue weighted by Crippen LogP contribution is 2.08. The first kappa shape index (κ1) is 18.1. The molecular weight excluding hydrogens is 264 g/mol. The third kappa shape index (κ3) is 7.58. The first-order chi connectivity index (χ1) is 10.2. The van der Waals surface area contributed by atoms with E-state index in [1.165, 1.54) is 0 Å². The second kappa shape index (κ2) is 10.7. The fourth-order valence-electron chi connectivity index (χ4n) is 2.37. The van der Waals surface area contributed by atoms with Crippen LogP contribution in [0, 0.1) is 5.92 Å². The van der Waals surface area contributed by atoms with Crippen LogP contribution in [0.15, 0.2) is 6.33 Å². The highest BCUT2D eigenvalue weighted by molar-refractivity contribution is 4.90. The molecule has 1 N–H and O–H groups in total. The van der Waals surface area contributed by atoms with Crippen molar-refractivity contribution in [2.45, 2.75) is 66.0 Å². The minimum atomic E-state index is 0.459. The molecule has 0 aliphatic carbocycles. The van der Waals surface area contributed by atoms with Crippen molar-refractivity contribution in [3.63, 3.8) is 0 Å². The maximum Gasteiger partial charge on any atom is 0.138 e. The Kier molecular flexibility index (Phi) is 9.26. The van der Waals surface area contributed by atoms with Crippen molar-refractivity contribution in [1.82, 2.24) is 20.1 Å². The van der Waals surface area contributed by atoms with E-state index in [-0.39, 0.29) is 0 Å². The summed E-state index contributed by atoms with van der Waals surface area (Å²) in [7, 11) is 0. The van der Waals surface area contributed by atoms with Crippen molar-refractivity contribution in [3.05, 3.63) is 12.2 Å². The number of hydrogen-bond donors (Lipinski definition) is 1. The number of rotatable bonds is 12. The van der Waals surface area contributed by atoms with Gasteiger partial charge in [-0.15, -0.1) is 0 Å². The van der Waals surface area contributed by atoms with Crippen molar-refractivity contribution in [2.24, 2.45) is 5.92 Å². The summed E-state index contributed by atoms with van der Waals surface area (Å²) in [6.07, 6.45) is 5.98. The Labute approximate surface area is 129 Å². The summed E-state index contributed by atoms with van der Waals surface area (Å²) in [5.41, 5.74) is 0. The minimum absolute atomic E-state index is 0.459. The van der Waals surface area contributed by atoms with Crippen LogP contribution in [0.4, 0.5) is 0 Å². The van der Waals surface area contributed by atoms with Gasteiger partial charge in [-0.3, -0.25) is 0 Å². The van der Waals surface area contributed by atoms with Crippen molar-refractivity contribution in [1.29, 1.82) is 0 Å². The average molecular weight is 296 g/mol. The Morgan fingerprint density at radius 1 is 1.33 bits per heavy atom. The fourth-order valence-corrected chi connectivity index (χ4v) is 2.37. The average Bonchev–Trinajstić information content (AvgIpc) is 2.87. The van der Waals surface area contributed by atoms with Crippen LogP contribution in [0.3, 0.4) is 0 Å². The second-order valence-electron chi connectivity index (χ2n) is 5.95. The predicted octanol–water partition coefficient (Wildman–Crippen LogP) is 2.66. The number of nitrogens with one attached hydrogen (secondary N) is 1. The van der Waals surface area contributed by atoms with E-state index in [0.717, 1.165) is 57.8 Å². The number of hydrogen-bond acceptors (Lipinski definition) is 4. The highest BCUT2D eigenvalue weighted by Gasteiger charge is 2.14. The molecule has 0 saturated carbocycles. The standard InChI is InChI=1S/C16H32N4O/c1-5-9-17-15(8-7-10-21-6-2)11-16-18-13-19-20(16)12-14(3)4/h13-15,17H,5-12H2,1-4H3. The topological polar surface area (TPSA) is 52.0 Å². The third-order valence-electron chi connectivity index (χ3n) is 3.39. The molecule has 5 heteroatoms. The molecular formula is C16H32N4O. The molecule has 1 rings (SSSR count). The zero-order chi connectivity index (χ0) is 15.5. The summed E-state index contributed by atoms with van der Waals surface area (Å²) in [6, 6.07) is 0.459. The maximum atomic E-state index is 5.44. The molecule has 1 unspecified atom stereocenters. The van der Waals surface area contributed by atoms with E-state index in [1.54, 1.807) is 6.33 Å². The van der Waals surface area contributed by atoms with E-state index in [1.807, 2.05) is 11.6 Å². The van der Waals surface area contributed by atoms with Gasteiger partial charge >= 0.3 is 0 Å². The Hall–Kier alpha value is -0.940. The molecule has 1 heterocycles. The first-order valence-corrected chi connectivity index (χ1v) is 8.35. The van der Waals surface area contributed by atoms with Gasteiger partial charge in [0.15, 0.2) is 0 Å². The Morgan fingerprint density at radius 3 is 2.81 bits per heavy atom. The summed E-state index contributed by atoms with van der Waals surface area (Å²) in [5.74, 6) is 1.68. The smallest absolute Gasteiger partial charge is 0.138 e. The number of nitrogens with zero attached hydrogens (tertiary/aromatic N) is 3. The molecule has 5 nitrogen and oxygen atoms in total. The van der Waals surface area contributed by atoms with E-state index in [9.17, 15) is 0 Å². The van der Waals surface area contributed by atoms with Crippen LogP contribution in [0.5, 0.6) is 0 Å². The van der Waals surface area contributed by atoms with E-state index in [0.29, 0.717) is 12.0 Å². The molecule has 0 spiro atoms. The van der Waals surface area contributed by atoms with Gasteiger partial charge in [0.2, 0.25) is 0 Å². The van der Waals surface area contributed by atoms with Gasteiger partial charge in [-0.25, -0.2) is 9.67 Å². The van der Waals surface area contributed by atoms with Crippen LogP contribution in [-0.2, 0) is 17.7 Å². The third-order valence-corrected chi connectivity index (χ3v) is 3.39. The van der Waals surface area contributed by atoms with Crippen LogP contribution < -0.4 is 5.32 Å². The van der Waals surface area contributed by atoms with Crippen molar-refractivity contribution in [2.75, 3.05) is 19.8 Å². The molecule has 0 aromatic carbocycles. The quantitative estimate of drug-likeness (QED) is 0.603. The summed E-state index contributed by atoms with van der Waals surface area (Å²) in [4.78, 5) is 4.44. The normalized spacial score (nSPS) is 13.0. The van der Waals surface area contributed by atoms with Crippen molar-refractivity contribution < 1.29 is 4.74 Å². The largest absolute Gasteiger partial charge is 0.382 e. The number of aromatic nitrogens is 3. The highest BCUT2D eigenvalue weighted by atomic mass is 16.5. The van der Waals surface area contributed by atoms with Gasteiger partial charge < -0.3 is 10.1 Å². The van der Waals surface area contributed by atoms with Crippen molar-refractivity contribution >= 4 is 0 Å². The Morgan fingerprint density at radius 2 is 2.14 bits per heavy atom. The first-order valence-electron chi connectivity index (χ1n) is 8.35. The van der Waals surface area contributed by atoms with Crippen molar-refractivity contribution in [3.8, 4) is 0 Å². The van der Waals surface area contributed by atoms with Gasteiger partial charge in [0.1, 0.15) is 12.2 Å². The lowest BCUT2D eigenvalue weighted by atomic mass is 10.1. The SMILES string of the molecule is CCCNC(CCCOCC)Cc1ncnn1CC(C)C. The van der Waals surface area contributed by atoms with E-state index >= 15 is 0 Å². The lowest BCUT2D eigenvalue weighted by molar-refractivity contribution is 0.140. The minimum Gasteiger partial charge on any atom is -0.382 e. The van der Waals surface area contributed by atoms with Crippen LogP contribution in [0.25, 0.3) is 0 Å². The van der Waals surface area contributed by atoms with Crippen LogP contribution in [0.1, 0.15) is 52.8 Å². The van der Waals surface area contributed by atoms with Crippen LogP contribution >= 0.6 is 0 Å². The molecule has 21 heavy (non-hydrogen) atoms. The molecule has 0 aliphatic rings. The molecule has 1 atom stereocenters. The van der Waals surface area contributed by atoms with Gasteiger partial charge in [0.05, 0.1) is 0 Å². The van der Waals surface area contributed by atoms with Gasteiger partial charge in [-0.2, -0.15) is 5.10 Å². The number of ether oxygens (including phenoxy) is 1. The maximum absolute atomic E-state index is 5.44. The monoisotopic (exact) mass is 296 g/mol. The van der Waals surface area contributed by atoms with Gasteiger partial charge in [-0.05, 0) is 38.6 Å². The lowest BCUT2D eigenvalue weighted by Crippen LogP contribution is -2.33. The Bertz CT molecular complexity index is 365. The van der Waals surface area contributed by atoms with E-state index < -0.39 is 0 Å². The molecule has 1 aromatic heterocycles. The molecule has 0 amide bonds. The second-order valence-corrected chi connectivity index (χ2v) is 5.95. The van der Waals surface area contributed by atoms with Gasteiger partial charge in [0, 0.05) is 32.2 Å². The zero-order valence-electron chi connectivity index (χ0n) is 14.1. The molecule has 0 fully saturated rings. The summed E-state index contributed by atoms with van der Waals surface area (Å²) in [6.45, 7) is 12.3. The lowest BCUT2D eigenvalue weighted by Gasteiger charge is -2.19. The van der Waals surface area contributed by atoms with E-state index in [4.69, 9.17) is 4.74 Å². The zero-order valence-corrected chi connectivity index (χ0v) is 14.1. The molecule has 0 aliphatic heterocycles. The predicted molar refractivity (Wildman–Crippen MR) is 86.4 cm³/mol. The molecule has 0 saturated heterocycles. The van der Waals surface area contributed by atoms with E-state index in [2.05, 4.69) is 36.2 Å². The molecule has 0 bridgehead atoms. The summed E-state index contributed by atoms with van der Waals surface area (Å²) < 4.78 is 7.49.